The molecule has 1 N–H and O–H groups in total. The molecule has 2 fully saturated rings. The third-order valence-electron chi connectivity index (χ3n) is 4.29. The summed E-state index contributed by atoms with van der Waals surface area (Å²) in [5.41, 5.74) is 9.70. The number of aliphatic hydroxyl groups is 1. The molecular formula is C17H21N5O5. The molecule has 1 aromatic carbocycles. The van der Waals surface area contributed by atoms with Gasteiger partial charge in [-0.05, 0) is 5.53 Å². The molecule has 1 amide bonds. The summed E-state index contributed by atoms with van der Waals surface area (Å²) >= 11 is 0. The molecule has 2 aliphatic heterocycles. The summed E-state index contributed by atoms with van der Waals surface area (Å²) in [5, 5.41) is 14.2. The molecule has 2 saturated heterocycles. The third kappa shape index (κ3) is 4.26. The Morgan fingerprint density at radius 1 is 1.33 bits per heavy atom. The van der Waals surface area contributed by atoms with E-state index in [-0.39, 0.29) is 6.61 Å². The van der Waals surface area contributed by atoms with Crippen LogP contribution in [0.25, 0.3) is 10.4 Å². The Labute approximate surface area is 156 Å². The van der Waals surface area contributed by atoms with Crippen LogP contribution >= 0.6 is 0 Å². The van der Waals surface area contributed by atoms with Crippen molar-refractivity contribution < 1.29 is 24.1 Å². The molecule has 3 rings (SSSR count). The summed E-state index contributed by atoms with van der Waals surface area (Å²) in [6, 6.07) is 8.25. The minimum atomic E-state index is -1.39. The Morgan fingerprint density at radius 2 is 2.07 bits per heavy atom. The maximum Gasteiger partial charge on any atom is 0.278 e. The summed E-state index contributed by atoms with van der Waals surface area (Å²) in [7, 11) is 3.42. The Hall–Kier alpha value is -2.49. The molecule has 6 unspecified atom stereocenters. The number of aliphatic hydroxyl groups excluding tert-OH is 1. The van der Waals surface area contributed by atoms with Crippen molar-refractivity contribution in [2.75, 3.05) is 20.7 Å². The van der Waals surface area contributed by atoms with Crippen LogP contribution in [-0.4, -0.2) is 73.4 Å². The normalized spacial score (nSPS) is 33.1. The number of fused-ring (bicyclic) bond motifs is 1. The first-order valence-electron chi connectivity index (χ1n) is 8.45. The first kappa shape index (κ1) is 19.3. The molecule has 6 atom stereocenters. The van der Waals surface area contributed by atoms with Crippen LogP contribution in [0.3, 0.4) is 0 Å². The highest BCUT2D eigenvalue weighted by atomic mass is 16.7. The molecule has 0 aliphatic carbocycles. The SMILES string of the molecule is CN(C)C=NC(=O)C1OC2COC(c3ccccc3)OC2C(N=[N+]=[N-])C1O. The number of nitrogens with zero attached hydrogens (tertiary/aromatic N) is 5. The molecule has 0 spiro atoms. The van der Waals surface area contributed by atoms with Crippen LogP contribution in [0.1, 0.15) is 11.9 Å². The number of aliphatic imine (C=N–C) groups is 1. The van der Waals surface area contributed by atoms with Crippen molar-refractivity contribution in [1.82, 2.24) is 4.90 Å². The van der Waals surface area contributed by atoms with E-state index >= 15 is 0 Å². The van der Waals surface area contributed by atoms with Crippen LogP contribution in [0.4, 0.5) is 0 Å². The number of hydrogen-bond donors (Lipinski definition) is 1. The Kier molecular flexibility index (Phi) is 6.04. The molecular weight excluding hydrogens is 354 g/mol. The minimum absolute atomic E-state index is 0.121. The molecule has 144 valence electrons. The van der Waals surface area contributed by atoms with Crippen molar-refractivity contribution >= 4 is 12.2 Å². The third-order valence-corrected chi connectivity index (χ3v) is 4.29. The standard InChI is InChI=1S/C17H21N5O5/c1-22(2)9-19-16(24)15-13(23)12(20-21-18)14-11(26-15)8-25-17(27-14)10-6-4-3-5-7-10/h3-7,9,11-15,17,23H,8H2,1-2H3. The summed E-state index contributed by atoms with van der Waals surface area (Å²) in [4.78, 5) is 20.4. The van der Waals surface area contributed by atoms with Gasteiger partial charge >= 0.3 is 0 Å². The average molecular weight is 375 g/mol. The number of benzene rings is 1. The minimum Gasteiger partial charge on any atom is -0.389 e. The molecule has 0 saturated carbocycles. The fourth-order valence-electron chi connectivity index (χ4n) is 3.03. The molecule has 0 radical (unpaired) electrons. The largest absolute Gasteiger partial charge is 0.389 e. The van der Waals surface area contributed by atoms with Crippen molar-refractivity contribution in [3.63, 3.8) is 0 Å². The van der Waals surface area contributed by atoms with Gasteiger partial charge in [-0.25, -0.2) is 4.99 Å². The van der Waals surface area contributed by atoms with Gasteiger partial charge < -0.3 is 24.2 Å². The van der Waals surface area contributed by atoms with Crippen LogP contribution in [0.2, 0.25) is 0 Å². The number of ether oxygens (including phenoxy) is 3. The van der Waals surface area contributed by atoms with Gasteiger partial charge in [-0.1, -0.05) is 35.4 Å². The monoisotopic (exact) mass is 375 g/mol. The second-order valence-electron chi connectivity index (χ2n) is 6.50. The van der Waals surface area contributed by atoms with Crippen LogP contribution in [0.15, 0.2) is 40.4 Å². The van der Waals surface area contributed by atoms with Crippen molar-refractivity contribution in [2.24, 2.45) is 10.1 Å². The highest BCUT2D eigenvalue weighted by Crippen LogP contribution is 2.35. The lowest BCUT2D eigenvalue weighted by Crippen LogP contribution is -2.62. The maximum atomic E-state index is 12.3. The van der Waals surface area contributed by atoms with E-state index in [0.717, 1.165) is 5.56 Å². The van der Waals surface area contributed by atoms with E-state index in [4.69, 9.17) is 19.7 Å². The van der Waals surface area contributed by atoms with Gasteiger partial charge in [0.2, 0.25) is 0 Å². The predicted octanol–water partition coefficient (Wildman–Crippen LogP) is 1.02. The zero-order valence-electron chi connectivity index (χ0n) is 15.0. The molecule has 2 heterocycles. The second kappa shape index (κ2) is 8.47. The van der Waals surface area contributed by atoms with E-state index in [0.29, 0.717) is 0 Å². The predicted molar refractivity (Wildman–Crippen MR) is 94.8 cm³/mol. The highest BCUT2D eigenvalue weighted by molar-refractivity contribution is 5.88. The van der Waals surface area contributed by atoms with Crippen molar-refractivity contribution in [2.45, 2.75) is 36.7 Å². The summed E-state index contributed by atoms with van der Waals surface area (Å²) in [6.07, 6.45) is -3.45. The van der Waals surface area contributed by atoms with E-state index < -0.39 is 42.7 Å². The van der Waals surface area contributed by atoms with Gasteiger partial charge in [0.25, 0.3) is 5.91 Å². The lowest BCUT2D eigenvalue weighted by molar-refractivity contribution is -0.302. The smallest absolute Gasteiger partial charge is 0.278 e. The van der Waals surface area contributed by atoms with E-state index in [1.54, 1.807) is 19.0 Å². The fraction of sp³-hybridized carbons (Fsp3) is 0.529. The van der Waals surface area contributed by atoms with Crippen molar-refractivity contribution in [1.29, 1.82) is 0 Å². The number of azide groups is 1. The van der Waals surface area contributed by atoms with Gasteiger partial charge in [-0.3, -0.25) is 4.79 Å². The average Bonchev–Trinajstić information content (AvgIpc) is 2.68. The van der Waals surface area contributed by atoms with Crippen LogP contribution in [0, 0.1) is 0 Å². The van der Waals surface area contributed by atoms with Gasteiger partial charge in [0.15, 0.2) is 12.4 Å². The number of carbonyl (C=O) groups is 1. The summed E-state index contributed by atoms with van der Waals surface area (Å²) in [5.74, 6) is -0.669. The van der Waals surface area contributed by atoms with Gasteiger partial charge in [0.1, 0.15) is 18.3 Å². The number of amides is 1. The lowest BCUT2D eigenvalue weighted by Gasteiger charge is -2.46. The van der Waals surface area contributed by atoms with E-state index in [9.17, 15) is 9.90 Å². The fourth-order valence-corrected chi connectivity index (χ4v) is 3.03. The summed E-state index contributed by atoms with van der Waals surface area (Å²) < 4.78 is 17.3. The van der Waals surface area contributed by atoms with Gasteiger partial charge in [0.05, 0.1) is 19.0 Å². The number of hydrogen-bond acceptors (Lipinski definition) is 6. The molecule has 2 aliphatic rings. The van der Waals surface area contributed by atoms with Crippen LogP contribution < -0.4 is 0 Å². The zero-order chi connectivity index (χ0) is 19.4. The molecule has 0 aromatic heterocycles. The quantitative estimate of drug-likeness (QED) is 0.275. The number of rotatable bonds is 4. The van der Waals surface area contributed by atoms with Gasteiger partial charge in [-0.15, -0.1) is 0 Å². The molecule has 10 heteroatoms. The Bertz CT molecular complexity index is 736. The lowest BCUT2D eigenvalue weighted by atomic mass is 9.92. The van der Waals surface area contributed by atoms with Gasteiger partial charge in [-0.2, -0.15) is 0 Å². The topological polar surface area (TPSA) is 129 Å². The maximum absolute atomic E-state index is 12.3. The van der Waals surface area contributed by atoms with Crippen molar-refractivity contribution in [3.8, 4) is 0 Å². The molecule has 27 heavy (non-hydrogen) atoms. The number of carbonyl (C=O) groups excluding carboxylic acids is 1. The van der Waals surface area contributed by atoms with Crippen molar-refractivity contribution in [3.05, 3.63) is 46.3 Å². The van der Waals surface area contributed by atoms with E-state index in [1.165, 1.54) is 6.34 Å². The van der Waals surface area contributed by atoms with Gasteiger partial charge in [0, 0.05) is 24.6 Å². The highest BCUT2D eigenvalue weighted by Gasteiger charge is 2.51. The molecule has 0 bridgehead atoms. The molecule has 1 aromatic rings. The van der Waals surface area contributed by atoms with E-state index in [2.05, 4.69) is 15.0 Å². The van der Waals surface area contributed by atoms with Crippen LogP contribution in [0.5, 0.6) is 0 Å². The second-order valence-corrected chi connectivity index (χ2v) is 6.50. The first-order chi connectivity index (χ1) is 13.0. The Morgan fingerprint density at radius 3 is 2.74 bits per heavy atom. The first-order valence-corrected chi connectivity index (χ1v) is 8.45. The summed E-state index contributed by atoms with van der Waals surface area (Å²) in [6.45, 7) is 0.121. The van der Waals surface area contributed by atoms with Crippen LogP contribution in [-0.2, 0) is 19.0 Å². The Balaban J connectivity index is 1.80. The zero-order valence-corrected chi connectivity index (χ0v) is 15.0. The van der Waals surface area contributed by atoms with E-state index in [1.807, 2.05) is 30.3 Å². The molecule has 10 nitrogen and oxygen atoms in total.